The molecule has 0 atom stereocenters. The Labute approximate surface area is 124 Å². The molecule has 1 aliphatic rings. The van der Waals surface area contributed by atoms with Gasteiger partial charge in [-0.15, -0.1) is 0 Å². The van der Waals surface area contributed by atoms with Crippen molar-refractivity contribution in [3.8, 4) is 0 Å². The molecular weight excluding hydrogens is 323 g/mol. The van der Waals surface area contributed by atoms with E-state index in [1.165, 1.54) is 6.07 Å². The van der Waals surface area contributed by atoms with E-state index in [4.69, 9.17) is 0 Å². The minimum absolute atomic E-state index is 0.153. The van der Waals surface area contributed by atoms with E-state index < -0.39 is 5.82 Å². The summed E-state index contributed by atoms with van der Waals surface area (Å²) in [7, 11) is 0. The molecule has 0 bridgehead atoms. The minimum Gasteiger partial charge on any atom is -0.330 e. The Bertz CT molecular complexity index is 685. The highest BCUT2D eigenvalue weighted by molar-refractivity contribution is 9.10. The SMILES string of the molecule is Cc1ccc(N2CC(=O)Nc3cc(F)c(Br)cc32)cc1. The predicted octanol–water partition coefficient (Wildman–Crippen LogP) is 3.99. The number of carbonyl (C=O) groups excluding carboxylic acids is 1. The molecule has 0 radical (unpaired) electrons. The molecule has 0 fully saturated rings. The summed E-state index contributed by atoms with van der Waals surface area (Å²) in [4.78, 5) is 13.7. The van der Waals surface area contributed by atoms with Crippen molar-refractivity contribution in [3.63, 3.8) is 0 Å². The van der Waals surface area contributed by atoms with Gasteiger partial charge in [-0.3, -0.25) is 4.79 Å². The zero-order valence-corrected chi connectivity index (χ0v) is 12.4. The first kappa shape index (κ1) is 13.1. The third kappa shape index (κ3) is 2.29. The number of aryl methyl sites for hydroxylation is 1. The quantitative estimate of drug-likeness (QED) is 0.855. The van der Waals surface area contributed by atoms with Crippen LogP contribution in [0.1, 0.15) is 5.56 Å². The number of nitrogens with one attached hydrogen (secondary N) is 1. The van der Waals surface area contributed by atoms with Gasteiger partial charge in [-0.05, 0) is 41.1 Å². The summed E-state index contributed by atoms with van der Waals surface area (Å²) in [5.74, 6) is -0.547. The molecule has 3 nitrogen and oxygen atoms in total. The Morgan fingerprint density at radius 2 is 1.95 bits per heavy atom. The van der Waals surface area contributed by atoms with Crippen LogP contribution in [-0.4, -0.2) is 12.5 Å². The molecule has 3 rings (SSSR count). The lowest BCUT2D eigenvalue weighted by atomic mass is 10.1. The first-order valence-corrected chi connectivity index (χ1v) is 6.97. The van der Waals surface area contributed by atoms with Gasteiger partial charge in [0.2, 0.25) is 5.91 Å². The van der Waals surface area contributed by atoms with Crippen LogP contribution in [0, 0.1) is 12.7 Å². The van der Waals surface area contributed by atoms with Crippen LogP contribution < -0.4 is 10.2 Å². The molecule has 1 heterocycles. The molecule has 0 spiro atoms. The number of rotatable bonds is 1. The van der Waals surface area contributed by atoms with Crippen LogP contribution in [0.25, 0.3) is 0 Å². The van der Waals surface area contributed by atoms with Crippen molar-refractivity contribution in [2.24, 2.45) is 0 Å². The maximum absolute atomic E-state index is 13.6. The van der Waals surface area contributed by atoms with Crippen LogP contribution >= 0.6 is 15.9 Å². The summed E-state index contributed by atoms with van der Waals surface area (Å²) in [5, 5.41) is 2.70. The van der Waals surface area contributed by atoms with Crippen LogP contribution in [0.15, 0.2) is 40.9 Å². The van der Waals surface area contributed by atoms with E-state index >= 15 is 0 Å². The molecular formula is C15H12BrFN2O. The average molecular weight is 335 g/mol. The molecule has 1 amide bonds. The Balaban J connectivity index is 2.12. The van der Waals surface area contributed by atoms with E-state index in [9.17, 15) is 9.18 Å². The van der Waals surface area contributed by atoms with Crippen LogP contribution in [0.5, 0.6) is 0 Å². The molecule has 0 saturated heterocycles. The molecule has 102 valence electrons. The summed E-state index contributed by atoms with van der Waals surface area (Å²) >= 11 is 3.19. The number of halogens is 2. The highest BCUT2D eigenvalue weighted by atomic mass is 79.9. The molecule has 20 heavy (non-hydrogen) atoms. The fourth-order valence-electron chi connectivity index (χ4n) is 2.23. The van der Waals surface area contributed by atoms with Crippen LogP contribution in [0.3, 0.4) is 0 Å². The highest BCUT2D eigenvalue weighted by Crippen LogP contribution is 2.38. The summed E-state index contributed by atoms with van der Waals surface area (Å²) in [6, 6.07) is 10.9. The molecule has 0 unspecified atom stereocenters. The number of hydrogen-bond acceptors (Lipinski definition) is 2. The molecule has 2 aromatic carbocycles. The van der Waals surface area contributed by atoms with Crippen molar-refractivity contribution in [3.05, 3.63) is 52.3 Å². The molecule has 1 N–H and O–H groups in total. The van der Waals surface area contributed by atoms with Gasteiger partial charge in [-0.25, -0.2) is 4.39 Å². The number of nitrogens with zero attached hydrogens (tertiary/aromatic N) is 1. The smallest absolute Gasteiger partial charge is 0.244 e. The van der Waals surface area contributed by atoms with Crippen LogP contribution in [0.4, 0.5) is 21.5 Å². The standard InChI is InChI=1S/C15H12BrFN2O/c1-9-2-4-10(5-3-9)19-8-15(20)18-13-7-12(17)11(16)6-14(13)19/h2-7H,8H2,1H3,(H,18,20). The van der Waals surface area contributed by atoms with E-state index in [1.807, 2.05) is 36.1 Å². The summed E-state index contributed by atoms with van der Waals surface area (Å²) in [6.45, 7) is 2.22. The normalized spacial score (nSPS) is 13.9. The molecule has 0 saturated carbocycles. The minimum atomic E-state index is -0.394. The molecule has 0 aromatic heterocycles. The van der Waals surface area contributed by atoms with Gasteiger partial charge in [0.1, 0.15) is 12.4 Å². The molecule has 1 aliphatic heterocycles. The van der Waals surface area contributed by atoms with Crippen molar-refractivity contribution < 1.29 is 9.18 Å². The van der Waals surface area contributed by atoms with Crippen molar-refractivity contribution in [2.45, 2.75) is 6.92 Å². The Hall–Kier alpha value is -1.88. The number of carbonyl (C=O) groups is 1. The first-order valence-electron chi connectivity index (χ1n) is 6.18. The number of benzene rings is 2. The van der Waals surface area contributed by atoms with Crippen molar-refractivity contribution in [2.75, 3.05) is 16.8 Å². The number of anilines is 3. The third-order valence-corrected chi connectivity index (χ3v) is 3.86. The van der Waals surface area contributed by atoms with Gasteiger partial charge >= 0.3 is 0 Å². The average Bonchev–Trinajstić information content (AvgIpc) is 2.41. The fraction of sp³-hybridized carbons (Fsp3) is 0.133. The van der Waals surface area contributed by atoms with E-state index in [0.29, 0.717) is 10.2 Å². The lowest BCUT2D eigenvalue weighted by molar-refractivity contribution is -0.115. The third-order valence-electron chi connectivity index (χ3n) is 3.25. The Morgan fingerprint density at radius 3 is 2.65 bits per heavy atom. The van der Waals surface area contributed by atoms with E-state index in [-0.39, 0.29) is 12.5 Å². The Morgan fingerprint density at radius 1 is 1.25 bits per heavy atom. The van der Waals surface area contributed by atoms with E-state index in [1.54, 1.807) is 6.07 Å². The number of fused-ring (bicyclic) bond motifs is 1. The van der Waals surface area contributed by atoms with Gasteiger partial charge in [0, 0.05) is 11.8 Å². The lowest BCUT2D eigenvalue weighted by Crippen LogP contribution is -2.35. The van der Waals surface area contributed by atoms with E-state index in [2.05, 4.69) is 21.2 Å². The van der Waals surface area contributed by atoms with Crippen LogP contribution in [0.2, 0.25) is 0 Å². The van der Waals surface area contributed by atoms with Gasteiger partial charge in [-0.2, -0.15) is 0 Å². The molecule has 0 aliphatic carbocycles. The number of amides is 1. The monoisotopic (exact) mass is 334 g/mol. The second kappa shape index (κ2) is 4.90. The first-order chi connectivity index (χ1) is 9.54. The van der Waals surface area contributed by atoms with Crippen molar-refractivity contribution in [1.29, 1.82) is 0 Å². The van der Waals surface area contributed by atoms with Crippen molar-refractivity contribution in [1.82, 2.24) is 0 Å². The van der Waals surface area contributed by atoms with Gasteiger partial charge in [0.25, 0.3) is 0 Å². The largest absolute Gasteiger partial charge is 0.330 e. The second-order valence-electron chi connectivity index (χ2n) is 4.75. The summed E-state index contributed by atoms with van der Waals surface area (Å²) in [6.07, 6.45) is 0. The van der Waals surface area contributed by atoms with Crippen LogP contribution in [-0.2, 0) is 4.79 Å². The zero-order chi connectivity index (χ0) is 14.3. The lowest BCUT2D eigenvalue weighted by Gasteiger charge is -2.31. The predicted molar refractivity (Wildman–Crippen MR) is 80.9 cm³/mol. The topological polar surface area (TPSA) is 32.3 Å². The maximum atomic E-state index is 13.6. The summed E-state index contributed by atoms with van der Waals surface area (Å²) < 4.78 is 14.0. The van der Waals surface area contributed by atoms with E-state index in [0.717, 1.165) is 16.9 Å². The molecule has 5 heteroatoms. The zero-order valence-electron chi connectivity index (χ0n) is 10.8. The Kier molecular flexibility index (Phi) is 3.22. The van der Waals surface area contributed by atoms with Gasteiger partial charge in [-0.1, -0.05) is 17.7 Å². The maximum Gasteiger partial charge on any atom is 0.244 e. The molecule has 2 aromatic rings. The van der Waals surface area contributed by atoms with Gasteiger partial charge < -0.3 is 10.2 Å². The van der Waals surface area contributed by atoms with Gasteiger partial charge in [0.15, 0.2) is 0 Å². The highest BCUT2D eigenvalue weighted by Gasteiger charge is 2.24. The second-order valence-corrected chi connectivity index (χ2v) is 5.61. The van der Waals surface area contributed by atoms with Gasteiger partial charge in [0.05, 0.1) is 15.8 Å². The number of hydrogen-bond donors (Lipinski definition) is 1. The van der Waals surface area contributed by atoms with Crippen molar-refractivity contribution >= 4 is 38.9 Å². The summed E-state index contributed by atoms with van der Waals surface area (Å²) in [5.41, 5.74) is 3.32. The fourth-order valence-corrected chi connectivity index (χ4v) is 2.56.